The van der Waals surface area contributed by atoms with Crippen molar-refractivity contribution in [1.29, 1.82) is 0 Å². The lowest BCUT2D eigenvalue weighted by molar-refractivity contribution is 0.759. The number of nitrogens with one attached hydrogen (secondary N) is 1. The molecule has 0 amide bonds. The van der Waals surface area contributed by atoms with Crippen LogP contribution in [0.1, 0.15) is 11.1 Å². The number of rotatable bonds is 5. The van der Waals surface area contributed by atoms with Gasteiger partial charge >= 0.3 is 0 Å². The van der Waals surface area contributed by atoms with Crippen molar-refractivity contribution < 1.29 is 0 Å². The molecule has 0 aliphatic rings. The average molecular weight is 326 g/mol. The number of benzene rings is 1. The predicted octanol–water partition coefficient (Wildman–Crippen LogP) is 3.56. The second-order valence-electron chi connectivity index (χ2n) is 5.20. The topological polar surface area (TPSA) is 46.9 Å². The maximum absolute atomic E-state index is 11.7. The van der Waals surface area contributed by atoms with Gasteiger partial charge in [0.05, 0.1) is 6.54 Å². The first-order valence-corrected chi connectivity index (χ1v) is 7.67. The van der Waals surface area contributed by atoms with Gasteiger partial charge in [0.15, 0.2) is 0 Å². The summed E-state index contributed by atoms with van der Waals surface area (Å²) >= 11 is 5.86. The van der Waals surface area contributed by atoms with Crippen LogP contribution >= 0.6 is 11.6 Å². The molecular weight excluding hydrogens is 310 g/mol. The minimum absolute atomic E-state index is 0.00723. The first kappa shape index (κ1) is 15.3. The second-order valence-corrected chi connectivity index (χ2v) is 5.59. The standard InChI is InChI=1S/C18H16ClN3O/c19-17-11-16(8-9-20-17)21-12-14-4-6-15(7-5-14)13-22-10-2-1-3-18(22)23/h1-11H,12-13H2,(H,20,21). The Morgan fingerprint density at radius 2 is 1.83 bits per heavy atom. The average Bonchev–Trinajstić information content (AvgIpc) is 2.56. The number of pyridine rings is 2. The van der Waals surface area contributed by atoms with Crippen molar-refractivity contribution in [2.75, 3.05) is 5.32 Å². The molecule has 5 heteroatoms. The highest BCUT2D eigenvalue weighted by atomic mass is 35.5. The molecule has 116 valence electrons. The summed E-state index contributed by atoms with van der Waals surface area (Å²) in [6.45, 7) is 1.28. The number of aromatic nitrogens is 2. The molecule has 3 aromatic rings. The monoisotopic (exact) mass is 325 g/mol. The molecule has 2 aromatic heterocycles. The normalized spacial score (nSPS) is 10.5. The first-order valence-electron chi connectivity index (χ1n) is 7.29. The lowest BCUT2D eigenvalue weighted by Gasteiger charge is -2.09. The predicted molar refractivity (Wildman–Crippen MR) is 92.8 cm³/mol. The maximum Gasteiger partial charge on any atom is 0.250 e. The van der Waals surface area contributed by atoms with Gasteiger partial charge in [0.1, 0.15) is 5.15 Å². The van der Waals surface area contributed by atoms with Crippen molar-refractivity contribution in [2.45, 2.75) is 13.1 Å². The van der Waals surface area contributed by atoms with Crippen molar-refractivity contribution in [1.82, 2.24) is 9.55 Å². The molecular formula is C18H16ClN3O. The fourth-order valence-corrected chi connectivity index (χ4v) is 2.44. The van der Waals surface area contributed by atoms with Crippen LogP contribution in [0.15, 0.2) is 71.8 Å². The van der Waals surface area contributed by atoms with E-state index in [1.54, 1.807) is 35.2 Å². The zero-order chi connectivity index (χ0) is 16.1. The van der Waals surface area contributed by atoms with Gasteiger partial charge in [-0.25, -0.2) is 4.98 Å². The van der Waals surface area contributed by atoms with Crippen LogP contribution in [0.25, 0.3) is 0 Å². The Morgan fingerprint density at radius 3 is 2.57 bits per heavy atom. The van der Waals surface area contributed by atoms with E-state index in [0.29, 0.717) is 18.2 Å². The van der Waals surface area contributed by atoms with Gasteiger partial charge in [-0.05, 0) is 29.3 Å². The zero-order valence-corrected chi connectivity index (χ0v) is 13.2. The lowest BCUT2D eigenvalue weighted by Crippen LogP contribution is -2.18. The van der Waals surface area contributed by atoms with Crippen LogP contribution in [0.2, 0.25) is 5.15 Å². The maximum atomic E-state index is 11.7. The highest BCUT2D eigenvalue weighted by Gasteiger charge is 1.99. The Labute approximate surface area is 139 Å². The molecule has 4 nitrogen and oxygen atoms in total. The van der Waals surface area contributed by atoms with Crippen LogP contribution in [0.3, 0.4) is 0 Å². The molecule has 23 heavy (non-hydrogen) atoms. The van der Waals surface area contributed by atoms with Gasteiger partial charge in [0, 0.05) is 30.7 Å². The van der Waals surface area contributed by atoms with Gasteiger partial charge in [0.25, 0.3) is 5.56 Å². The molecule has 0 saturated heterocycles. The molecule has 0 saturated carbocycles. The molecule has 2 heterocycles. The molecule has 0 spiro atoms. The fourth-order valence-electron chi connectivity index (χ4n) is 2.27. The van der Waals surface area contributed by atoms with Crippen LogP contribution in [-0.2, 0) is 13.1 Å². The highest BCUT2D eigenvalue weighted by molar-refractivity contribution is 6.29. The van der Waals surface area contributed by atoms with E-state index in [0.717, 1.165) is 16.8 Å². The van der Waals surface area contributed by atoms with E-state index in [2.05, 4.69) is 22.4 Å². The van der Waals surface area contributed by atoms with E-state index in [-0.39, 0.29) is 5.56 Å². The quantitative estimate of drug-likeness (QED) is 0.730. The SMILES string of the molecule is O=c1ccccn1Cc1ccc(CNc2ccnc(Cl)c2)cc1. The lowest BCUT2D eigenvalue weighted by atomic mass is 10.1. The Kier molecular flexibility index (Phi) is 4.74. The second kappa shape index (κ2) is 7.11. The highest BCUT2D eigenvalue weighted by Crippen LogP contribution is 2.13. The Morgan fingerprint density at radius 1 is 1.04 bits per heavy atom. The van der Waals surface area contributed by atoms with Gasteiger partial charge in [-0.3, -0.25) is 4.79 Å². The van der Waals surface area contributed by atoms with E-state index in [1.807, 2.05) is 24.3 Å². The van der Waals surface area contributed by atoms with Crippen molar-refractivity contribution >= 4 is 17.3 Å². The number of hydrogen-bond acceptors (Lipinski definition) is 3. The van der Waals surface area contributed by atoms with Crippen LogP contribution in [0.4, 0.5) is 5.69 Å². The molecule has 1 aromatic carbocycles. The summed E-state index contributed by atoms with van der Waals surface area (Å²) in [7, 11) is 0. The fraction of sp³-hybridized carbons (Fsp3) is 0.111. The third kappa shape index (κ3) is 4.20. The summed E-state index contributed by atoms with van der Waals surface area (Å²) in [5.41, 5.74) is 3.19. The van der Waals surface area contributed by atoms with Gasteiger partial charge in [-0.2, -0.15) is 0 Å². The molecule has 3 rings (SSSR count). The van der Waals surface area contributed by atoms with Crippen LogP contribution < -0.4 is 10.9 Å². The van der Waals surface area contributed by atoms with Crippen molar-refractivity contribution in [3.8, 4) is 0 Å². The third-order valence-corrected chi connectivity index (χ3v) is 3.70. The van der Waals surface area contributed by atoms with Crippen LogP contribution in [0.5, 0.6) is 0 Å². The van der Waals surface area contributed by atoms with Crippen molar-refractivity contribution in [3.63, 3.8) is 0 Å². The molecule has 0 bridgehead atoms. The Hall–Kier alpha value is -2.59. The van der Waals surface area contributed by atoms with Crippen molar-refractivity contribution in [3.05, 3.63) is 93.6 Å². The number of hydrogen-bond donors (Lipinski definition) is 1. The number of nitrogens with zero attached hydrogens (tertiary/aromatic N) is 2. The number of anilines is 1. The Bertz CT molecular complexity index is 843. The van der Waals surface area contributed by atoms with E-state index in [9.17, 15) is 4.79 Å². The van der Waals surface area contributed by atoms with Crippen LogP contribution in [-0.4, -0.2) is 9.55 Å². The van der Waals surface area contributed by atoms with Crippen LogP contribution in [0, 0.1) is 0 Å². The molecule has 0 radical (unpaired) electrons. The Balaban J connectivity index is 1.63. The smallest absolute Gasteiger partial charge is 0.250 e. The van der Waals surface area contributed by atoms with Crippen molar-refractivity contribution in [2.24, 2.45) is 0 Å². The third-order valence-electron chi connectivity index (χ3n) is 3.50. The largest absolute Gasteiger partial charge is 0.381 e. The van der Waals surface area contributed by atoms with Gasteiger partial charge in [0.2, 0.25) is 0 Å². The summed E-state index contributed by atoms with van der Waals surface area (Å²) in [4.78, 5) is 15.7. The minimum atomic E-state index is 0.00723. The molecule has 0 atom stereocenters. The van der Waals surface area contributed by atoms with E-state index in [1.165, 1.54) is 0 Å². The van der Waals surface area contributed by atoms with Gasteiger partial charge < -0.3 is 9.88 Å². The summed E-state index contributed by atoms with van der Waals surface area (Å²) in [5.74, 6) is 0. The van der Waals surface area contributed by atoms with E-state index < -0.39 is 0 Å². The summed E-state index contributed by atoms with van der Waals surface area (Å²) in [6.07, 6.45) is 3.47. The molecule has 0 fully saturated rings. The van der Waals surface area contributed by atoms with Gasteiger partial charge in [-0.1, -0.05) is 41.9 Å². The molecule has 0 unspecified atom stereocenters. The summed E-state index contributed by atoms with van der Waals surface area (Å²) in [6, 6.07) is 17.0. The zero-order valence-electron chi connectivity index (χ0n) is 12.4. The molecule has 1 N–H and O–H groups in total. The van der Waals surface area contributed by atoms with E-state index >= 15 is 0 Å². The summed E-state index contributed by atoms with van der Waals surface area (Å²) in [5, 5.41) is 3.77. The van der Waals surface area contributed by atoms with E-state index in [4.69, 9.17) is 11.6 Å². The molecule has 0 aliphatic heterocycles. The number of halogens is 1. The minimum Gasteiger partial charge on any atom is -0.381 e. The first-order chi connectivity index (χ1) is 11.2. The molecule has 0 aliphatic carbocycles. The summed E-state index contributed by atoms with van der Waals surface area (Å²) < 4.78 is 1.69. The van der Waals surface area contributed by atoms with Gasteiger partial charge in [-0.15, -0.1) is 0 Å².